The predicted octanol–water partition coefficient (Wildman–Crippen LogP) is 9.04. The molecule has 0 aliphatic heterocycles. The number of fused-ring (bicyclic) bond motifs is 1. The molecular weight excluding hydrogens is 651 g/mol. The van der Waals surface area contributed by atoms with Crippen molar-refractivity contribution >= 4 is 48.6 Å². The van der Waals surface area contributed by atoms with Crippen LogP contribution >= 0.6 is 11.6 Å². The van der Waals surface area contributed by atoms with Crippen molar-refractivity contribution in [3.05, 3.63) is 83.7 Å². The molecule has 13 heteroatoms. The number of benzene rings is 1. The summed E-state index contributed by atoms with van der Waals surface area (Å²) in [7, 11) is -0.796. The lowest BCUT2D eigenvalue weighted by molar-refractivity contribution is 0.0633. The van der Waals surface area contributed by atoms with Crippen molar-refractivity contribution in [3.8, 4) is 22.5 Å². The molecular formula is C35H40ClFN6O4Si. The summed E-state index contributed by atoms with van der Waals surface area (Å²) in [4.78, 5) is 35.1. The van der Waals surface area contributed by atoms with E-state index >= 15 is 4.39 Å². The van der Waals surface area contributed by atoms with E-state index in [0.29, 0.717) is 39.3 Å². The Balaban J connectivity index is 1.48. The van der Waals surface area contributed by atoms with Crippen LogP contribution in [-0.2, 0) is 16.2 Å². The summed E-state index contributed by atoms with van der Waals surface area (Å²) in [5, 5.41) is 7.67. The molecule has 0 saturated carbocycles. The van der Waals surface area contributed by atoms with E-state index in [1.54, 1.807) is 82.8 Å². The highest BCUT2D eigenvalue weighted by molar-refractivity contribution is 6.74. The van der Waals surface area contributed by atoms with Crippen molar-refractivity contribution < 1.29 is 23.1 Å². The Morgan fingerprint density at radius 2 is 1.69 bits per heavy atom. The van der Waals surface area contributed by atoms with Gasteiger partial charge in [-0.2, -0.15) is 5.10 Å². The minimum Gasteiger partial charge on any atom is -0.444 e. The molecule has 5 rings (SSSR count). The van der Waals surface area contributed by atoms with Gasteiger partial charge in [0.1, 0.15) is 28.1 Å². The second-order valence-electron chi connectivity index (χ2n) is 14.2. The number of carbonyl (C=O) groups is 2. The molecule has 4 aromatic heterocycles. The number of hydrogen-bond acceptors (Lipinski definition) is 7. The van der Waals surface area contributed by atoms with Crippen LogP contribution in [0.2, 0.25) is 23.3 Å². The average Bonchev–Trinajstić information content (AvgIpc) is 3.58. The molecule has 1 N–H and O–H groups in total. The number of rotatable bonds is 7. The Bertz CT molecular complexity index is 2010. The summed E-state index contributed by atoms with van der Waals surface area (Å²) in [5.74, 6) is -0.619. The third kappa shape index (κ3) is 7.35. The fourth-order valence-electron chi connectivity index (χ4n) is 4.89. The number of hydrogen-bond donors (Lipinski definition) is 1. The van der Waals surface area contributed by atoms with E-state index in [-0.39, 0.29) is 15.7 Å². The number of aromatic nitrogens is 5. The minimum atomic E-state index is -2.49. The molecule has 0 aliphatic carbocycles. The second-order valence-corrected chi connectivity index (χ2v) is 19.3. The Morgan fingerprint density at radius 3 is 2.35 bits per heavy atom. The third-order valence-electron chi connectivity index (χ3n) is 8.35. The van der Waals surface area contributed by atoms with Gasteiger partial charge in [0.05, 0.1) is 11.2 Å². The van der Waals surface area contributed by atoms with Crippen LogP contribution in [0, 0.1) is 5.82 Å². The minimum absolute atomic E-state index is 0.129. The van der Waals surface area contributed by atoms with Gasteiger partial charge < -0.3 is 9.16 Å². The number of nitrogens with zero attached hydrogens (tertiary/aromatic N) is 5. The first-order valence-electron chi connectivity index (χ1n) is 15.5. The zero-order chi connectivity index (χ0) is 35.2. The SMILES string of the molecule is Cn1nc(-c2cc(-c3cc(F)c4c(ccn4C(=O)C(O[Si](C)(C)C(C)(C)C)c4cccnc4Cl)c3)ccn2)cc1NC(=O)OC(C)(C)C. The van der Waals surface area contributed by atoms with Crippen molar-refractivity contribution in [2.45, 2.75) is 71.4 Å². The summed E-state index contributed by atoms with van der Waals surface area (Å²) in [6, 6.07) is 13.5. The molecule has 1 atom stereocenters. The number of nitrogens with one attached hydrogen (secondary N) is 1. The molecule has 4 heterocycles. The standard InChI is InChI=1S/C35H40ClFN6O4Si/c1-34(2,3)46-33(45)40-28-20-27(41-42(28)7)26-19-21(12-15-38-26)23-17-22-13-16-43(29(22)25(37)18-23)32(44)30(24-11-10-14-39-31(24)36)47-48(8,9)35(4,5)6/h10-20,30H,1-9H3,(H,40,45). The molecule has 48 heavy (non-hydrogen) atoms. The molecule has 1 unspecified atom stereocenters. The number of carbonyl (C=O) groups excluding carboxylic acids is 2. The molecule has 1 amide bonds. The number of amides is 1. The molecule has 0 radical (unpaired) electrons. The molecule has 252 valence electrons. The fraction of sp³-hybridized carbons (Fsp3) is 0.343. The van der Waals surface area contributed by atoms with E-state index in [0.717, 1.165) is 0 Å². The van der Waals surface area contributed by atoms with Crippen molar-refractivity contribution in [3.63, 3.8) is 0 Å². The van der Waals surface area contributed by atoms with Gasteiger partial charge in [0, 0.05) is 42.7 Å². The van der Waals surface area contributed by atoms with Crippen LogP contribution < -0.4 is 5.32 Å². The van der Waals surface area contributed by atoms with Gasteiger partial charge in [0.2, 0.25) is 0 Å². The monoisotopic (exact) mass is 690 g/mol. The maximum absolute atomic E-state index is 16.1. The molecule has 1 aromatic carbocycles. The van der Waals surface area contributed by atoms with Crippen LogP contribution in [0.15, 0.2) is 67.1 Å². The summed E-state index contributed by atoms with van der Waals surface area (Å²) in [6.45, 7) is 15.7. The molecule has 0 saturated heterocycles. The maximum Gasteiger partial charge on any atom is 0.413 e. The predicted molar refractivity (Wildman–Crippen MR) is 188 cm³/mol. The van der Waals surface area contributed by atoms with Gasteiger partial charge in [-0.25, -0.2) is 14.2 Å². The average molecular weight is 691 g/mol. The van der Waals surface area contributed by atoms with Crippen LogP contribution in [0.3, 0.4) is 0 Å². The lowest BCUT2D eigenvalue weighted by atomic mass is 10.0. The molecule has 0 fully saturated rings. The van der Waals surface area contributed by atoms with E-state index in [1.807, 2.05) is 19.2 Å². The lowest BCUT2D eigenvalue weighted by Crippen LogP contribution is -2.44. The number of anilines is 1. The van der Waals surface area contributed by atoms with E-state index in [4.69, 9.17) is 20.8 Å². The van der Waals surface area contributed by atoms with E-state index < -0.39 is 37.8 Å². The first kappa shape index (κ1) is 34.9. The Labute approximate surface area is 285 Å². The highest BCUT2D eigenvalue weighted by Gasteiger charge is 2.42. The quantitative estimate of drug-likeness (QED) is 0.134. The smallest absolute Gasteiger partial charge is 0.413 e. The fourth-order valence-corrected chi connectivity index (χ4v) is 6.28. The lowest BCUT2D eigenvalue weighted by Gasteiger charge is -2.39. The van der Waals surface area contributed by atoms with Gasteiger partial charge in [-0.3, -0.25) is 24.3 Å². The van der Waals surface area contributed by atoms with Crippen molar-refractivity contribution in [1.29, 1.82) is 0 Å². The maximum atomic E-state index is 16.1. The third-order valence-corrected chi connectivity index (χ3v) is 13.1. The molecule has 0 bridgehead atoms. The van der Waals surface area contributed by atoms with Crippen LogP contribution in [0.1, 0.15) is 58.0 Å². The first-order valence-corrected chi connectivity index (χ1v) is 18.8. The van der Waals surface area contributed by atoms with Gasteiger partial charge in [0.25, 0.3) is 5.91 Å². The van der Waals surface area contributed by atoms with Gasteiger partial charge in [-0.05, 0) is 86.4 Å². The number of ether oxygens (including phenoxy) is 1. The van der Waals surface area contributed by atoms with Crippen molar-refractivity contribution in [2.24, 2.45) is 7.05 Å². The largest absolute Gasteiger partial charge is 0.444 e. The Hall–Kier alpha value is -4.39. The van der Waals surface area contributed by atoms with Crippen LogP contribution in [-0.4, -0.2) is 50.2 Å². The highest BCUT2D eigenvalue weighted by Crippen LogP contribution is 2.41. The van der Waals surface area contributed by atoms with Gasteiger partial charge >= 0.3 is 6.09 Å². The summed E-state index contributed by atoms with van der Waals surface area (Å²) < 4.78 is 30.8. The second kappa shape index (κ2) is 12.9. The number of halogens is 2. The van der Waals surface area contributed by atoms with Crippen LogP contribution in [0.4, 0.5) is 15.0 Å². The Kier molecular flexibility index (Phi) is 9.39. The van der Waals surface area contributed by atoms with Gasteiger partial charge in [-0.15, -0.1) is 0 Å². The van der Waals surface area contributed by atoms with Crippen molar-refractivity contribution in [1.82, 2.24) is 24.3 Å². The molecule has 0 spiro atoms. The molecule has 5 aromatic rings. The zero-order valence-corrected chi connectivity index (χ0v) is 30.3. The topological polar surface area (TPSA) is 113 Å². The van der Waals surface area contributed by atoms with Crippen molar-refractivity contribution in [2.75, 3.05) is 5.32 Å². The highest BCUT2D eigenvalue weighted by atomic mass is 35.5. The number of aryl methyl sites for hydroxylation is 1. The summed E-state index contributed by atoms with van der Waals surface area (Å²) in [6.07, 6.45) is 3.02. The summed E-state index contributed by atoms with van der Waals surface area (Å²) >= 11 is 6.47. The zero-order valence-electron chi connectivity index (χ0n) is 28.6. The van der Waals surface area contributed by atoms with E-state index in [2.05, 4.69) is 41.2 Å². The molecule has 10 nitrogen and oxygen atoms in total. The summed E-state index contributed by atoms with van der Waals surface area (Å²) in [5.41, 5.74) is 2.20. The normalized spacial score (nSPS) is 13.1. The first-order chi connectivity index (χ1) is 22.3. The molecule has 0 aliphatic rings. The van der Waals surface area contributed by atoms with E-state index in [9.17, 15) is 9.59 Å². The van der Waals surface area contributed by atoms with E-state index in [1.165, 1.54) is 15.3 Å². The van der Waals surface area contributed by atoms with Gasteiger partial charge in [-0.1, -0.05) is 38.4 Å². The number of pyridine rings is 2. The van der Waals surface area contributed by atoms with Gasteiger partial charge in [0.15, 0.2) is 14.4 Å². The Morgan fingerprint density at radius 1 is 0.958 bits per heavy atom. The van der Waals surface area contributed by atoms with Crippen LogP contribution in [0.5, 0.6) is 0 Å². The van der Waals surface area contributed by atoms with Crippen LogP contribution in [0.25, 0.3) is 33.4 Å².